The van der Waals surface area contributed by atoms with Crippen molar-refractivity contribution in [2.75, 3.05) is 0 Å². The van der Waals surface area contributed by atoms with Gasteiger partial charge in [-0.1, -0.05) is 25.0 Å². The van der Waals surface area contributed by atoms with Crippen molar-refractivity contribution in [1.82, 2.24) is 5.32 Å². The Morgan fingerprint density at radius 3 is 2.30 bits per heavy atom. The highest BCUT2D eigenvalue weighted by atomic mass is 16.2. The van der Waals surface area contributed by atoms with Crippen LogP contribution in [-0.4, -0.2) is 17.4 Å². The van der Waals surface area contributed by atoms with E-state index in [0.717, 1.165) is 19.3 Å². The number of hydrogen-bond donors (Lipinski definition) is 2. The smallest absolute Gasteiger partial charge is 0.224 e. The van der Waals surface area contributed by atoms with E-state index in [1.54, 1.807) is 0 Å². The minimum absolute atomic E-state index is 0.0438. The molecule has 4 nitrogen and oxygen atoms in total. The Kier molecular flexibility index (Phi) is 5.78. The first kappa shape index (κ1) is 16.7. The van der Waals surface area contributed by atoms with Crippen LogP contribution in [0.15, 0.2) is 12.2 Å². The summed E-state index contributed by atoms with van der Waals surface area (Å²) in [6.45, 7) is 7.75. The molecule has 1 rings (SSSR count). The molecule has 2 unspecified atom stereocenters. The molecule has 3 N–H and O–H groups in total. The molecule has 0 radical (unpaired) electrons. The van der Waals surface area contributed by atoms with Gasteiger partial charge in [0.25, 0.3) is 0 Å². The molecule has 1 aliphatic rings. The molecular formula is C16H28N2O2. The van der Waals surface area contributed by atoms with E-state index in [-0.39, 0.29) is 23.3 Å². The fourth-order valence-electron chi connectivity index (χ4n) is 2.39. The van der Waals surface area contributed by atoms with Gasteiger partial charge in [0.05, 0.1) is 11.8 Å². The first-order chi connectivity index (χ1) is 9.24. The van der Waals surface area contributed by atoms with E-state index in [9.17, 15) is 9.59 Å². The summed E-state index contributed by atoms with van der Waals surface area (Å²) in [5, 5.41) is 2.99. The molecule has 1 saturated carbocycles. The molecule has 20 heavy (non-hydrogen) atoms. The standard InChI is InChI=1S/C16H28N2O2/c1-5-6-7-12(14(17)19)13(10-11-8-9-11)15(20)18-16(2,3)4/h5-6,11-13H,7-10H2,1-4H3,(H2,17,19)(H,18,20)/b6-5+. The third-order valence-electron chi connectivity index (χ3n) is 3.60. The SMILES string of the molecule is C/C=C/CC(C(N)=O)C(CC1CC1)C(=O)NC(C)(C)C. The summed E-state index contributed by atoms with van der Waals surface area (Å²) in [5.41, 5.74) is 5.23. The first-order valence-corrected chi connectivity index (χ1v) is 7.47. The van der Waals surface area contributed by atoms with Gasteiger partial charge in [-0.15, -0.1) is 0 Å². The van der Waals surface area contributed by atoms with Crippen molar-refractivity contribution in [3.05, 3.63) is 12.2 Å². The Hall–Kier alpha value is -1.32. The van der Waals surface area contributed by atoms with Crippen LogP contribution in [0.3, 0.4) is 0 Å². The second kappa shape index (κ2) is 6.91. The molecule has 0 aromatic carbocycles. The van der Waals surface area contributed by atoms with Crippen molar-refractivity contribution in [1.29, 1.82) is 0 Å². The molecule has 114 valence electrons. The van der Waals surface area contributed by atoms with Crippen LogP contribution in [0, 0.1) is 17.8 Å². The van der Waals surface area contributed by atoms with E-state index < -0.39 is 5.92 Å². The minimum atomic E-state index is -0.408. The van der Waals surface area contributed by atoms with Crippen molar-refractivity contribution in [3.8, 4) is 0 Å². The Labute approximate surface area is 122 Å². The first-order valence-electron chi connectivity index (χ1n) is 7.47. The molecule has 2 atom stereocenters. The third kappa shape index (κ3) is 5.76. The van der Waals surface area contributed by atoms with Gasteiger partial charge in [-0.3, -0.25) is 9.59 Å². The number of primary amides is 1. The van der Waals surface area contributed by atoms with E-state index >= 15 is 0 Å². The van der Waals surface area contributed by atoms with E-state index in [4.69, 9.17) is 5.73 Å². The summed E-state index contributed by atoms with van der Waals surface area (Å²) >= 11 is 0. The lowest BCUT2D eigenvalue weighted by Gasteiger charge is -2.28. The van der Waals surface area contributed by atoms with E-state index in [1.165, 1.54) is 0 Å². The predicted molar refractivity (Wildman–Crippen MR) is 80.8 cm³/mol. The van der Waals surface area contributed by atoms with Crippen LogP contribution in [0.5, 0.6) is 0 Å². The van der Waals surface area contributed by atoms with Gasteiger partial charge in [0.2, 0.25) is 11.8 Å². The third-order valence-corrected chi connectivity index (χ3v) is 3.60. The molecule has 0 aromatic heterocycles. The van der Waals surface area contributed by atoms with Gasteiger partial charge in [-0.2, -0.15) is 0 Å². The van der Waals surface area contributed by atoms with Gasteiger partial charge >= 0.3 is 0 Å². The van der Waals surface area contributed by atoms with Crippen molar-refractivity contribution < 1.29 is 9.59 Å². The summed E-state index contributed by atoms with van der Waals surface area (Å²) < 4.78 is 0. The van der Waals surface area contributed by atoms with Crippen LogP contribution < -0.4 is 11.1 Å². The van der Waals surface area contributed by atoms with Crippen molar-refractivity contribution >= 4 is 11.8 Å². The van der Waals surface area contributed by atoms with Gasteiger partial charge in [-0.05, 0) is 46.5 Å². The lowest BCUT2D eigenvalue weighted by molar-refractivity contribution is -0.134. The molecule has 0 aromatic rings. The lowest BCUT2D eigenvalue weighted by Crippen LogP contribution is -2.47. The molecule has 0 saturated heterocycles. The monoisotopic (exact) mass is 280 g/mol. The number of hydrogen-bond acceptors (Lipinski definition) is 2. The zero-order chi connectivity index (χ0) is 15.3. The minimum Gasteiger partial charge on any atom is -0.369 e. The molecule has 0 heterocycles. The van der Waals surface area contributed by atoms with Gasteiger partial charge in [0.15, 0.2) is 0 Å². The number of allylic oxidation sites excluding steroid dienone is 2. The van der Waals surface area contributed by atoms with Crippen molar-refractivity contribution in [2.45, 2.75) is 58.9 Å². The Balaban J connectivity index is 2.83. The zero-order valence-electron chi connectivity index (χ0n) is 13.1. The second-order valence-electron chi connectivity index (χ2n) is 6.84. The maximum atomic E-state index is 12.5. The van der Waals surface area contributed by atoms with Gasteiger partial charge in [0.1, 0.15) is 0 Å². The molecule has 2 amide bonds. The highest BCUT2D eigenvalue weighted by Crippen LogP contribution is 2.38. The maximum absolute atomic E-state index is 12.5. The van der Waals surface area contributed by atoms with Crippen molar-refractivity contribution in [2.24, 2.45) is 23.5 Å². The average Bonchev–Trinajstić information content (AvgIpc) is 3.09. The largest absolute Gasteiger partial charge is 0.369 e. The van der Waals surface area contributed by atoms with Crippen LogP contribution in [0.1, 0.15) is 53.4 Å². The van der Waals surface area contributed by atoms with Crippen molar-refractivity contribution in [3.63, 3.8) is 0 Å². The number of carbonyl (C=O) groups is 2. The van der Waals surface area contributed by atoms with Gasteiger partial charge < -0.3 is 11.1 Å². The van der Waals surface area contributed by atoms with E-state index in [2.05, 4.69) is 5.32 Å². The number of nitrogens with two attached hydrogens (primary N) is 1. The Morgan fingerprint density at radius 2 is 1.90 bits per heavy atom. The van der Waals surface area contributed by atoms with Crippen LogP contribution in [-0.2, 0) is 9.59 Å². The highest BCUT2D eigenvalue weighted by Gasteiger charge is 2.37. The summed E-state index contributed by atoms with van der Waals surface area (Å²) in [6.07, 6.45) is 7.45. The molecule has 0 spiro atoms. The normalized spacial score (nSPS) is 18.8. The summed E-state index contributed by atoms with van der Waals surface area (Å²) in [4.78, 5) is 24.2. The van der Waals surface area contributed by atoms with Gasteiger partial charge in [-0.25, -0.2) is 0 Å². The van der Waals surface area contributed by atoms with E-state index in [1.807, 2.05) is 39.8 Å². The summed E-state index contributed by atoms with van der Waals surface area (Å²) in [7, 11) is 0. The van der Waals surface area contributed by atoms with E-state index in [0.29, 0.717) is 12.3 Å². The molecular weight excluding hydrogens is 252 g/mol. The summed E-state index contributed by atoms with van der Waals surface area (Å²) in [5.74, 6) is -0.557. The maximum Gasteiger partial charge on any atom is 0.224 e. The predicted octanol–water partition coefficient (Wildman–Crippen LogP) is 2.39. The Bertz CT molecular complexity index is 378. The lowest BCUT2D eigenvalue weighted by atomic mass is 9.83. The number of amides is 2. The molecule has 0 bridgehead atoms. The summed E-state index contributed by atoms with van der Waals surface area (Å²) in [6, 6.07) is 0. The second-order valence-corrected chi connectivity index (χ2v) is 6.84. The molecule has 4 heteroatoms. The molecule has 0 aliphatic heterocycles. The quantitative estimate of drug-likeness (QED) is 0.703. The number of carbonyl (C=O) groups excluding carboxylic acids is 2. The average molecular weight is 280 g/mol. The molecule has 1 fully saturated rings. The Morgan fingerprint density at radius 1 is 1.30 bits per heavy atom. The zero-order valence-corrected chi connectivity index (χ0v) is 13.1. The van der Waals surface area contributed by atoms with Crippen LogP contribution in [0.25, 0.3) is 0 Å². The number of rotatable bonds is 7. The fourth-order valence-corrected chi connectivity index (χ4v) is 2.39. The van der Waals surface area contributed by atoms with Crippen LogP contribution in [0.2, 0.25) is 0 Å². The highest BCUT2D eigenvalue weighted by molar-refractivity contribution is 5.87. The van der Waals surface area contributed by atoms with Crippen LogP contribution >= 0.6 is 0 Å². The molecule has 1 aliphatic carbocycles. The number of nitrogens with one attached hydrogen (secondary N) is 1. The van der Waals surface area contributed by atoms with Gasteiger partial charge in [0, 0.05) is 5.54 Å². The topological polar surface area (TPSA) is 72.2 Å². The fraction of sp³-hybridized carbons (Fsp3) is 0.750. The van der Waals surface area contributed by atoms with Crippen LogP contribution in [0.4, 0.5) is 0 Å².